The summed E-state index contributed by atoms with van der Waals surface area (Å²) in [7, 11) is -4.13. The Morgan fingerprint density at radius 3 is 2.30 bits per heavy atom. The fourth-order valence-corrected chi connectivity index (χ4v) is 6.29. The van der Waals surface area contributed by atoms with E-state index in [0.717, 1.165) is 0 Å². The van der Waals surface area contributed by atoms with Crippen molar-refractivity contribution in [3.05, 3.63) is 18.2 Å². The first-order valence-corrected chi connectivity index (χ1v) is 11.7. The Labute approximate surface area is 188 Å². The van der Waals surface area contributed by atoms with Crippen molar-refractivity contribution >= 4 is 21.6 Å². The highest BCUT2D eigenvalue weighted by atomic mass is 32.2. The van der Waals surface area contributed by atoms with E-state index in [9.17, 15) is 26.4 Å². The smallest absolute Gasteiger partial charge is 0.445 e. The average molecular weight is 495 g/mol. The van der Waals surface area contributed by atoms with Gasteiger partial charge in [0.25, 0.3) is 5.91 Å². The SMILES string of the molecule is CC1(F)Oc2cc(N3CCN(S(=O)(=O)C4(C(=O)NO)CCOCC4)CC3)ccc2OC1(F)F. The summed E-state index contributed by atoms with van der Waals surface area (Å²) in [5, 5.41) is 9.14. The van der Waals surface area contributed by atoms with Crippen molar-refractivity contribution in [3.8, 4) is 11.5 Å². The van der Waals surface area contributed by atoms with Crippen LogP contribution >= 0.6 is 0 Å². The lowest BCUT2D eigenvalue weighted by Crippen LogP contribution is -2.62. The van der Waals surface area contributed by atoms with E-state index < -0.39 is 32.6 Å². The van der Waals surface area contributed by atoms with Gasteiger partial charge in [-0.05, 0) is 12.1 Å². The summed E-state index contributed by atoms with van der Waals surface area (Å²) >= 11 is 0. The minimum absolute atomic E-state index is 0.0387. The molecule has 0 bridgehead atoms. The molecule has 1 amide bonds. The molecular weight excluding hydrogens is 471 g/mol. The Hall–Kier alpha value is -2.29. The third kappa shape index (κ3) is 3.88. The summed E-state index contributed by atoms with van der Waals surface area (Å²) in [6.45, 7) is 1.21. The Balaban J connectivity index is 1.50. The highest BCUT2D eigenvalue weighted by Gasteiger charge is 2.60. The summed E-state index contributed by atoms with van der Waals surface area (Å²) in [5.74, 6) is -4.85. The number of sulfonamides is 1. The molecule has 1 aromatic carbocycles. The number of alkyl halides is 3. The molecular formula is C19H24F3N3O7S. The molecule has 3 aliphatic heterocycles. The zero-order valence-electron chi connectivity index (χ0n) is 17.7. The second-order valence-corrected chi connectivity index (χ2v) is 10.5. The monoisotopic (exact) mass is 495 g/mol. The van der Waals surface area contributed by atoms with Gasteiger partial charge in [0, 0.05) is 70.9 Å². The van der Waals surface area contributed by atoms with Gasteiger partial charge in [-0.1, -0.05) is 0 Å². The lowest BCUT2D eigenvalue weighted by molar-refractivity contribution is -0.332. The maximum Gasteiger partial charge on any atom is 0.471 e. The molecule has 3 heterocycles. The number of ether oxygens (including phenoxy) is 3. The van der Waals surface area contributed by atoms with Crippen molar-refractivity contribution in [1.82, 2.24) is 9.79 Å². The molecule has 1 aromatic rings. The Morgan fingerprint density at radius 2 is 1.70 bits per heavy atom. The Kier molecular flexibility index (Phi) is 5.91. The predicted molar refractivity (Wildman–Crippen MR) is 108 cm³/mol. The van der Waals surface area contributed by atoms with Crippen molar-refractivity contribution in [2.24, 2.45) is 0 Å². The van der Waals surface area contributed by atoms with Gasteiger partial charge in [0.05, 0.1) is 0 Å². The number of nitrogens with zero attached hydrogens (tertiary/aromatic N) is 2. The van der Waals surface area contributed by atoms with Crippen LogP contribution in [0.1, 0.15) is 19.8 Å². The van der Waals surface area contributed by atoms with E-state index in [-0.39, 0.29) is 63.7 Å². The first-order chi connectivity index (χ1) is 15.4. The summed E-state index contributed by atoms with van der Waals surface area (Å²) in [5.41, 5.74) is 1.98. The summed E-state index contributed by atoms with van der Waals surface area (Å²) in [6.07, 6.45) is -4.32. The van der Waals surface area contributed by atoms with Crippen LogP contribution in [-0.2, 0) is 19.6 Å². The minimum Gasteiger partial charge on any atom is -0.445 e. The zero-order chi connectivity index (χ0) is 24.1. The molecule has 4 rings (SSSR count). The molecule has 0 aliphatic carbocycles. The van der Waals surface area contributed by atoms with E-state index in [2.05, 4.69) is 4.74 Å². The average Bonchev–Trinajstić information content (AvgIpc) is 2.79. The third-order valence-electron chi connectivity index (χ3n) is 6.24. The lowest BCUT2D eigenvalue weighted by Gasteiger charge is -2.42. The number of fused-ring (bicyclic) bond motifs is 1. The number of hydrogen-bond donors (Lipinski definition) is 2. The van der Waals surface area contributed by atoms with E-state index in [4.69, 9.17) is 14.7 Å². The largest absolute Gasteiger partial charge is 0.471 e. The summed E-state index contributed by atoms with van der Waals surface area (Å²) in [6, 6.07) is 4.08. The molecule has 2 saturated heterocycles. The number of hydrogen-bond acceptors (Lipinski definition) is 8. The number of carbonyl (C=O) groups is 1. The molecule has 14 heteroatoms. The van der Waals surface area contributed by atoms with Crippen LogP contribution in [0.25, 0.3) is 0 Å². The van der Waals surface area contributed by atoms with Crippen LogP contribution in [0, 0.1) is 0 Å². The highest BCUT2D eigenvalue weighted by molar-refractivity contribution is 7.91. The minimum atomic E-state index is -4.15. The van der Waals surface area contributed by atoms with E-state index in [0.29, 0.717) is 12.6 Å². The van der Waals surface area contributed by atoms with E-state index in [1.54, 1.807) is 4.90 Å². The molecule has 10 nitrogen and oxygen atoms in total. The van der Waals surface area contributed by atoms with Gasteiger partial charge in [0.2, 0.25) is 10.0 Å². The number of nitrogens with one attached hydrogen (secondary N) is 1. The lowest BCUT2D eigenvalue weighted by atomic mass is 9.98. The molecule has 0 spiro atoms. The predicted octanol–water partition coefficient (Wildman–Crippen LogP) is 1.24. The Bertz CT molecular complexity index is 1020. The first-order valence-electron chi connectivity index (χ1n) is 10.3. The van der Waals surface area contributed by atoms with Gasteiger partial charge in [0.15, 0.2) is 16.2 Å². The topological polar surface area (TPSA) is 118 Å². The van der Waals surface area contributed by atoms with Crippen molar-refractivity contribution in [3.63, 3.8) is 0 Å². The van der Waals surface area contributed by atoms with Gasteiger partial charge >= 0.3 is 12.0 Å². The molecule has 33 heavy (non-hydrogen) atoms. The van der Waals surface area contributed by atoms with Crippen LogP contribution in [0.4, 0.5) is 18.9 Å². The second-order valence-electron chi connectivity index (χ2n) is 8.21. The van der Waals surface area contributed by atoms with Gasteiger partial charge in [-0.25, -0.2) is 13.9 Å². The van der Waals surface area contributed by atoms with E-state index in [1.165, 1.54) is 28.0 Å². The van der Waals surface area contributed by atoms with Crippen molar-refractivity contribution < 1.29 is 45.8 Å². The zero-order valence-corrected chi connectivity index (χ0v) is 18.5. The number of rotatable bonds is 4. The maximum absolute atomic E-state index is 14.1. The fourth-order valence-electron chi connectivity index (χ4n) is 4.19. The number of carbonyl (C=O) groups excluding carboxylic acids is 1. The molecule has 1 unspecified atom stereocenters. The van der Waals surface area contributed by atoms with Crippen LogP contribution in [-0.4, -0.2) is 79.9 Å². The highest BCUT2D eigenvalue weighted by Crippen LogP contribution is 2.47. The first kappa shape index (κ1) is 23.9. The van der Waals surface area contributed by atoms with E-state index in [1.807, 2.05) is 0 Å². The van der Waals surface area contributed by atoms with Gasteiger partial charge in [-0.2, -0.15) is 17.5 Å². The van der Waals surface area contributed by atoms with Crippen LogP contribution < -0.4 is 19.9 Å². The molecule has 1 atom stereocenters. The van der Waals surface area contributed by atoms with Gasteiger partial charge in [0.1, 0.15) is 0 Å². The quantitative estimate of drug-likeness (QED) is 0.474. The van der Waals surface area contributed by atoms with Crippen LogP contribution in [0.2, 0.25) is 0 Å². The molecule has 3 aliphatic rings. The standard InChI is InChI=1S/C19H24F3N3O7S/c1-17(20)19(21,22)32-14-3-2-13(12-15(14)31-17)24-6-8-25(9-7-24)33(28,29)18(16(26)23-27)4-10-30-11-5-18/h2-3,12,27H,4-11H2,1H3,(H,23,26). The van der Waals surface area contributed by atoms with Crippen LogP contribution in [0.3, 0.4) is 0 Å². The number of benzene rings is 1. The third-order valence-corrected chi connectivity index (χ3v) is 8.87. The van der Waals surface area contributed by atoms with Gasteiger partial charge < -0.3 is 19.1 Å². The maximum atomic E-state index is 14.1. The van der Waals surface area contributed by atoms with E-state index >= 15 is 0 Å². The van der Waals surface area contributed by atoms with Crippen molar-refractivity contribution in [2.45, 2.75) is 36.5 Å². The number of halogens is 3. The van der Waals surface area contributed by atoms with Crippen molar-refractivity contribution in [1.29, 1.82) is 0 Å². The summed E-state index contributed by atoms with van der Waals surface area (Å²) < 4.78 is 82.1. The van der Waals surface area contributed by atoms with Crippen LogP contribution in [0.15, 0.2) is 18.2 Å². The molecule has 0 radical (unpaired) electrons. The second kappa shape index (κ2) is 8.18. The number of amides is 1. The normalized spacial score (nSPS) is 27.1. The Morgan fingerprint density at radius 1 is 1.06 bits per heavy atom. The number of anilines is 1. The molecule has 0 saturated carbocycles. The number of hydroxylamine groups is 1. The fraction of sp³-hybridized carbons (Fsp3) is 0.632. The number of piperazine rings is 1. The summed E-state index contributed by atoms with van der Waals surface area (Å²) in [4.78, 5) is 14.1. The molecule has 2 fully saturated rings. The van der Waals surface area contributed by atoms with Crippen LogP contribution in [0.5, 0.6) is 11.5 Å². The molecule has 184 valence electrons. The molecule has 2 N–H and O–H groups in total. The van der Waals surface area contributed by atoms with Gasteiger partial charge in [-0.15, -0.1) is 0 Å². The van der Waals surface area contributed by atoms with Crippen molar-refractivity contribution in [2.75, 3.05) is 44.3 Å². The molecule has 0 aromatic heterocycles. The van der Waals surface area contributed by atoms with Gasteiger partial charge in [-0.3, -0.25) is 10.0 Å².